The van der Waals surface area contributed by atoms with Crippen LogP contribution in [-0.2, 0) is 12.8 Å². The van der Waals surface area contributed by atoms with E-state index in [1.165, 1.54) is 88.0 Å². The fourth-order valence-corrected chi connectivity index (χ4v) is 9.33. The summed E-state index contributed by atoms with van der Waals surface area (Å²) in [5, 5.41) is 8.60. The molecule has 0 bridgehead atoms. The summed E-state index contributed by atoms with van der Waals surface area (Å²) in [5.74, 6) is 1.21. The zero-order chi connectivity index (χ0) is 34.9. The van der Waals surface area contributed by atoms with Crippen LogP contribution in [-0.4, -0.2) is 0 Å². The van der Waals surface area contributed by atoms with Gasteiger partial charge in [-0.1, -0.05) is 146 Å². The van der Waals surface area contributed by atoms with Crippen molar-refractivity contribution >= 4 is 55.4 Å². The summed E-state index contributed by atoms with van der Waals surface area (Å²) in [7, 11) is 0. The highest BCUT2D eigenvalue weighted by Gasteiger charge is 2.28. The zero-order valence-electron chi connectivity index (χ0n) is 29.2. The van der Waals surface area contributed by atoms with Crippen LogP contribution in [0.1, 0.15) is 40.4 Å². The lowest BCUT2D eigenvalue weighted by Crippen LogP contribution is -2.11. The first-order valence-electron chi connectivity index (χ1n) is 18.7. The van der Waals surface area contributed by atoms with Crippen molar-refractivity contribution < 1.29 is 4.42 Å². The van der Waals surface area contributed by atoms with Crippen molar-refractivity contribution in [2.24, 2.45) is 0 Å². The maximum atomic E-state index is 6.58. The van der Waals surface area contributed by atoms with E-state index in [4.69, 9.17) is 4.42 Å². The minimum atomic E-state index is 0.233. The largest absolute Gasteiger partial charge is 0.456 e. The summed E-state index contributed by atoms with van der Waals surface area (Å²) < 4.78 is 6.58. The van der Waals surface area contributed by atoms with Crippen molar-refractivity contribution in [2.45, 2.75) is 25.2 Å². The molecule has 53 heavy (non-hydrogen) atoms. The van der Waals surface area contributed by atoms with Gasteiger partial charge in [-0.15, -0.1) is 0 Å². The van der Waals surface area contributed by atoms with Crippen molar-refractivity contribution in [3.8, 4) is 33.4 Å². The van der Waals surface area contributed by atoms with E-state index < -0.39 is 0 Å². The van der Waals surface area contributed by atoms with Gasteiger partial charge in [0, 0.05) is 27.8 Å². The molecule has 0 amide bonds. The van der Waals surface area contributed by atoms with Crippen LogP contribution >= 0.6 is 0 Å². The summed E-state index contributed by atoms with van der Waals surface area (Å²) in [4.78, 5) is 0. The molecule has 1 atom stereocenters. The average Bonchev–Trinajstić information content (AvgIpc) is 3.59. The van der Waals surface area contributed by atoms with E-state index in [1.54, 1.807) is 0 Å². The Labute approximate surface area is 309 Å². The lowest BCUT2D eigenvalue weighted by molar-refractivity contribution is 0.591. The van der Waals surface area contributed by atoms with Gasteiger partial charge in [0.1, 0.15) is 11.3 Å². The number of allylic oxidation sites excluding steroid dienone is 2. The fraction of sp³-hybridized carbons (Fsp3) is 0.0769. The summed E-state index contributed by atoms with van der Waals surface area (Å²) in [6.07, 6.45) is 12.3. The van der Waals surface area contributed by atoms with Gasteiger partial charge in [-0.3, -0.25) is 0 Å². The molecular weight excluding hydrogens is 641 g/mol. The van der Waals surface area contributed by atoms with E-state index >= 15 is 0 Å². The minimum absolute atomic E-state index is 0.233. The Morgan fingerprint density at radius 3 is 2.00 bits per heavy atom. The molecule has 248 valence electrons. The topological polar surface area (TPSA) is 13.1 Å². The van der Waals surface area contributed by atoms with E-state index in [0.29, 0.717) is 0 Å². The third-order valence-corrected chi connectivity index (χ3v) is 11.5. The molecule has 2 aliphatic rings. The van der Waals surface area contributed by atoms with E-state index in [-0.39, 0.29) is 5.92 Å². The fourth-order valence-electron chi connectivity index (χ4n) is 9.33. The lowest BCUT2D eigenvalue weighted by atomic mass is 9.76. The Hall–Kier alpha value is -6.62. The van der Waals surface area contributed by atoms with Crippen molar-refractivity contribution in [1.29, 1.82) is 0 Å². The van der Waals surface area contributed by atoms with Gasteiger partial charge in [-0.25, -0.2) is 0 Å². The molecule has 8 aromatic carbocycles. The first-order valence-corrected chi connectivity index (χ1v) is 18.7. The number of benzene rings is 7. The second-order valence-electron chi connectivity index (χ2n) is 14.4. The third kappa shape index (κ3) is 4.66. The number of fused-ring (bicyclic) bond motifs is 7. The average molecular weight is 675 g/mol. The van der Waals surface area contributed by atoms with Crippen LogP contribution in [0.5, 0.6) is 0 Å². The predicted octanol–water partition coefficient (Wildman–Crippen LogP) is 13.8. The van der Waals surface area contributed by atoms with E-state index in [1.807, 2.05) is 6.07 Å². The SMILES string of the molecule is c1ccc2c(-c3ccccc3)c3ccccc3c(-c3ccc4oc5c(c4c3)CC(c3c4c(c(-c6ccccc6)c6ccccc36)C=CCC4)C=C5)c2c#1. The van der Waals surface area contributed by atoms with Crippen LogP contribution in [0, 0.1) is 12.1 Å². The summed E-state index contributed by atoms with van der Waals surface area (Å²) in [6.45, 7) is 0. The maximum Gasteiger partial charge on any atom is 0.135 e. The van der Waals surface area contributed by atoms with Gasteiger partial charge < -0.3 is 4.42 Å². The van der Waals surface area contributed by atoms with Crippen LogP contribution in [0.25, 0.3) is 88.8 Å². The van der Waals surface area contributed by atoms with Crippen molar-refractivity contribution in [3.05, 3.63) is 192 Å². The van der Waals surface area contributed by atoms with Crippen molar-refractivity contribution in [2.75, 3.05) is 0 Å². The van der Waals surface area contributed by atoms with Crippen LogP contribution in [0.4, 0.5) is 0 Å². The van der Waals surface area contributed by atoms with Crippen molar-refractivity contribution in [1.82, 2.24) is 0 Å². The summed E-state index contributed by atoms with van der Waals surface area (Å²) in [6, 6.07) is 57.3. The highest BCUT2D eigenvalue weighted by atomic mass is 16.3. The molecule has 11 rings (SSSR count). The Kier molecular flexibility index (Phi) is 6.79. The first-order chi connectivity index (χ1) is 26.3. The molecule has 0 fully saturated rings. The number of rotatable bonds is 4. The second-order valence-corrected chi connectivity index (χ2v) is 14.4. The standard InChI is InChI=1S/C52H34O/c1-3-15-33(16-4-1)49-37-19-7-11-23-41(37)51(42-24-12-8-20-38(42)49)35-27-29-47-45(31-35)46-32-36(28-30-48(46)53-47)52-43-25-13-9-21-39(43)50(34-17-5-2-6-18-34)40-22-10-14-26-44(40)52/h1-11,13,15-23,25,27-30,32,35H,12,24,31H2. The molecule has 9 aromatic rings. The maximum absolute atomic E-state index is 6.58. The Morgan fingerprint density at radius 2 is 1.23 bits per heavy atom. The Bertz CT molecular complexity index is 2900. The Balaban J connectivity index is 1.09. The molecule has 0 radical (unpaired) electrons. The van der Waals surface area contributed by atoms with Crippen LogP contribution in [0.3, 0.4) is 0 Å². The number of furan rings is 1. The van der Waals surface area contributed by atoms with Gasteiger partial charge in [0.05, 0.1) is 0 Å². The van der Waals surface area contributed by atoms with Gasteiger partial charge in [0.15, 0.2) is 0 Å². The molecule has 1 heteroatoms. The van der Waals surface area contributed by atoms with Crippen molar-refractivity contribution in [3.63, 3.8) is 0 Å². The van der Waals surface area contributed by atoms with E-state index in [2.05, 4.69) is 170 Å². The molecule has 0 N–H and O–H groups in total. The van der Waals surface area contributed by atoms with Gasteiger partial charge in [0.25, 0.3) is 0 Å². The first kappa shape index (κ1) is 30.0. The third-order valence-electron chi connectivity index (χ3n) is 11.5. The Morgan fingerprint density at radius 1 is 0.547 bits per heavy atom. The summed E-state index contributed by atoms with van der Waals surface area (Å²) in [5.41, 5.74) is 14.0. The highest BCUT2D eigenvalue weighted by Crippen LogP contribution is 2.48. The molecule has 0 aliphatic heterocycles. The van der Waals surface area contributed by atoms with Gasteiger partial charge in [0.2, 0.25) is 0 Å². The molecule has 1 aromatic heterocycles. The molecule has 1 unspecified atom stereocenters. The monoisotopic (exact) mass is 674 g/mol. The second kappa shape index (κ2) is 12.0. The number of hydrogen-bond donors (Lipinski definition) is 0. The molecule has 1 nitrogen and oxygen atoms in total. The quantitative estimate of drug-likeness (QED) is 0.181. The lowest BCUT2D eigenvalue weighted by Gasteiger charge is -2.28. The summed E-state index contributed by atoms with van der Waals surface area (Å²) >= 11 is 0. The molecule has 2 aliphatic carbocycles. The van der Waals surface area contributed by atoms with E-state index in [0.717, 1.165) is 36.0 Å². The molecular formula is C52H34O. The smallest absolute Gasteiger partial charge is 0.135 e. The molecule has 0 spiro atoms. The normalized spacial score (nSPS) is 14.8. The minimum Gasteiger partial charge on any atom is -0.456 e. The molecule has 0 saturated heterocycles. The van der Waals surface area contributed by atoms with Gasteiger partial charge >= 0.3 is 0 Å². The van der Waals surface area contributed by atoms with Gasteiger partial charge in [-0.05, 0) is 121 Å². The van der Waals surface area contributed by atoms with Gasteiger partial charge in [-0.2, -0.15) is 0 Å². The number of hydrogen-bond acceptors (Lipinski definition) is 1. The van der Waals surface area contributed by atoms with Crippen LogP contribution < -0.4 is 0 Å². The van der Waals surface area contributed by atoms with Crippen LogP contribution in [0.2, 0.25) is 0 Å². The predicted molar refractivity (Wildman–Crippen MR) is 222 cm³/mol. The molecule has 0 saturated carbocycles. The highest BCUT2D eigenvalue weighted by molar-refractivity contribution is 6.21. The molecule has 1 heterocycles. The zero-order valence-corrected chi connectivity index (χ0v) is 29.2. The van der Waals surface area contributed by atoms with E-state index in [9.17, 15) is 0 Å². The van der Waals surface area contributed by atoms with Crippen LogP contribution in [0.15, 0.2) is 156 Å².